The topological polar surface area (TPSA) is 0 Å². The van der Waals surface area contributed by atoms with Crippen molar-refractivity contribution < 1.29 is 18.9 Å². The Bertz CT molecular complexity index is 138. The van der Waals surface area contributed by atoms with Crippen LogP contribution in [0.4, 0.5) is 0 Å². The zero-order valence-electron chi connectivity index (χ0n) is 5.39. The van der Waals surface area contributed by atoms with Crippen molar-refractivity contribution in [3.05, 3.63) is 29.6 Å². The van der Waals surface area contributed by atoms with Gasteiger partial charge in [0, 0.05) is 0 Å². The molecule has 0 radical (unpaired) electrons. The minimum absolute atomic E-state index is 0. The molecule has 0 saturated heterocycles. The first-order valence-corrected chi connectivity index (χ1v) is 2.41. The maximum atomic E-state index is 2.08. The van der Waals surface area contributed by atoms with Crippen LogP contribution in [0.2, 0.25) is 0 Å². The molecule has 1 heterocycles. The van der Waals surface area contributed by atoms with Crippen molar-refractivity contribution in [1.29, 1.82) is 0 Å². The molecule has 0 aliphatic carbocycles. The Balaban J connectivity index is 0.000000490. The summed E-state index contributed by atoms with van der Waals surface area (Å²) in [7, 11) is 0. The van der Waals surface area contributed by atoms with Crippen LogP contribution in [0.15, 0.2) is 24.2 Å². The molecule has 0 spiro atoms. The molecule has 8 heavy (non-hydrogen) atoms. The van der Waals surface area contributed by atoms with Gasteiger partial charge >= 0.3 is 62.3 Å². The first-order valence-electron chi connectivity index (χ1n) is 2.41. The van der Waals surface area contributed by atoms with Crippen LogP contribution in [0.1, 0.15) is 5.46 Å². The molecule has 0 bridgehead atoms. The van der Waals surface area contributed by atoms with E-state index in [4.69, 9.17) is 0 Å². The van der Waals surface area contributed by atoms with Crippen LogP contribution < -0.4 is 18.9 Å². The van der Waals surface area contributed by atoms with E-state index < -0.39 is 0 Å². The van der Waals surface area contributed by atoms with Crippen LogP contribution >= 0.6 is 0 Å². The van der Waals surface area contributed by atoms with Crippen molar-refractivity contribution in [2.45, 2.75) is 6.92 Å². The largest absolute Gasteiger partial charge is 1.00 e. The van der Waals surface area contributed by atoms with E-state index in [1.165, 1.54) is 5.46 Å². The molecular formula is C6H7BLi+. The predicted molar refractivity (Wildman–Crippen MR) is 32.5 cm³/mol. The summed E-state index contributed by atoms with van der Waals surface area (Å²) in [6.45, 7) is 4.17. The van der Waals surface area contributed by atoms with Gasteiger partial charge in [-0.05, 0) is 0 Å². The van der Waals surface area contributed by atoms with Crippen LogP contribution in [0.3, 0.4) is 0 Å². The van der Waals surface area contributed by atoms with Gasteiger partial charge in [-0.25, -0.2) is 0 Å². The van der Waals surface area contributed by atoms with Crippen LogP contribution in [0, 0.1) is 6.92 Å². The smallest absolute Gasteiger partial charge is 1.00 e. The first-order chi connectivity index (χ1) is 3.39. The average Bonchev–Trinajstić information content (AvgIpc) is 1.69. The fourth-order valence-electron chi connectivity index (χ4n) is 0.534. The fourth-order valence-corrected chi connectivity index (χ4v) is 0.534. The van der Waals surface area contributed by atoms with Crippen molar-refractivity contribution >= 4 is 6.91 Å². The molecule has 0 atom stereocenters. The zero-order chi connectivity index (χ0) is 5.11. The van der Waals surface area contributed by atoms with Gasteiger partial charge < -0.3 is 0 Å². The SMILES string of the molecule is Cc1bcccc1.[Li+]. The van der Waals surface area contributed by atoms with E-state index in [1.54, 1.807) is 0 Å². The van der Waals surface area contributed by atoms with E-state index in [-0.39, 0.29) is 18.9 Å². The van der Waals surface area contributed by atoms with Gasteiger partial charge in [-0.1, -0.05) is 0 Å². The van der Waals surface area contributed by atoms with E-state index in [0.29, 0.717) is 0 Å². The number of hydrogen-bond acceptors (Lipinski definition) is 0. The van der Waals surface area contributed by atoms with Crippen LogP contribution in [-0.2, 0) is 0 Å². The quantitative estimate of drug-likeness (QED) is 0.340. The third kappa shape index (κ3) is 2.35. The monoisotopic (exact) mass is 97.1 g/mol. The second-order valence-electron chi connectivity index (χ2n) is 1.65. The molecule has 0 N–H and O–H groups in total. The Hall–Kier alpha value is 0.0123. The summed E-state index contributed by atoms with van der Waals surface area (Å²) >= 11 is 0. The molecule has 1 aromatic heterocycles. The van der Waals surface area contributed by atoms with Gasteiger partial charge in [-0.2, -0.15) is 0 Å². The van der Waals surface area contributed by atoms with E-state index >= 15 is 0 Å². The molecule has 0 saturated carbocycles. The summed E-state index contributed by atoms with van der Waals surface area (Å²) in [4.78, 5) is 0. The Morgan fingerprint density at radius 1 is 1.38 bits per heavy atom. The molecule has 2 heteroatoms. The summed E-state index contributed by atoms with van der Waals surface area (Å²) < 4.78 is 0. The van der Waals surface area contributed by atoms with Gasteiger partial charge in [0.25, 0.3) is 0 Å². The Morgan fingerprint density at radius 2 is 2.12 bits per heavy atom. The van der Waals surface area contributed by atoms with Gasteiger partial charge in [-0.15, -0.1) is 0 Å². The molecule has 0 aliphatic heterocycles. The molecule has 34 valence electrons. The second kappa shape index (κ2) is 3.95. The molecule has 1 aromatic rings. The van der Waals surface area contributed by atoms with Crippen molar-refractivity contribution in [3.63, 3.8) is 0 Å². The van der Waals surface area contributed by atoms with Gasteiger partial charge in [0.1, 0.15) is 0 Å². The van der Waals surface area contributed by atoms with Gasteiger partial charge in [0.2, 0.25) is 0 Å². The maximum absolute atomic E-state index is 2.08. The van der Waals surface area contributed by atoms with Crippen LogP contribution in [0.5, 0.6) is 0 Å². The number of rotatable bonds is 0. The summed E-state index contributed by atoms with van der Waals surface area (Å²) in [6, 6.07) is 6.14. The standard InChI is InChI=1S/C6H7B.Li/c1-6-4-2-3-5-7-6;/h2-5H,1H3;/q;+1. The summed E-state index contributed by atoms with van der Waals surface area (Å²) in [6.07, 6.45) is 0. The van der Waals surface area contributed by atoms with Crippen molar-refractivity contribution in [3.8, 4) is 0 Å². The van der Waals surface area contributed by atoms with E-state index in [9.17, 15) is 0 Å². The maximum Gasteiger partial charge on any atom is 1.00 e. The number of aryl methyl sites for hydroxylation is 1. The summed E-state index contributed by atoms with van der Waals surface area (Å²) in [5, 5.41) is 0. The van der Waals surface area contributed by atoms with Gasteiger partial charge in [-0.3, -0.25) is 0 Å². The Kier molecular flexibility index (Phi) is 3.95. The van der Waals surface area contributed by atoms with E-state index in [0.717, 1.165) is 0 Å². The zero-order valence-corrected chi connectivity index (χ0v) is 5.39. The molecule has 0 aliphatic rings. The average molecular weight is 96.9 g/mol. The summed E-state index contributed by atoms with van der Waals surface area (Å²) in [5.41, 5.74) is 1.32. The minimum Gasteiger partial charge on any atom is 1.00 e. The van der Waals surface area contributed by atoms with E-state index in [2.05, 4.69) is 19.9 Å². The fraction of sp³-hybridized carbons (Fsp3) is 0.167. The molecule has 0 unspecified atom stereocenters. The molecule has 0 nitrogen and oxygen atoms in total. The first kappa shape index (κ1) is 8.01. The van der Waals surface area contributed by atoms with Crippen LogP contribution in [0.25, 0.3) is 0 Å². The van der Waals surface area contributed by atoms with Crippen molar-refractivity contribution in [1.82, 2.24) is 0 Å². The molecular weight excluding hydrogens is 89.8 g/mol. The molecule has 0 amide bonds. The minimum atomic E-state index is 0. The molecule has 0 fully saturated rings. The predicted octanol–water partition coefficient (Wildman–Crippen LogP) is -1.66. The van der Waals surface area contributed by atoms with E-state index in [1.807, 2.05) is 18.1 Å². The van der Waals surface area contributed by atoms with Crippen molar-refractivity contribution in [2.75, 3.05) is 0 Å². The van der Waals surface area contributed by atoms with Crippen molar-refractivity contribution in [2.24, 2.45) is 0 Å². The Morgan fingerprint density at radius 3 is 2.38 bits per heavy atom. The molecule has 0 aromatic carbocycles. The third-order valence-corrected chi connectivity index (χ3v) is 0.940. The van der Waals surface area contributed by atoms with Crippen LogP contribution in [-0.4, -0.2) is 6.91 Å². The van der Waals surface area contributed by atoms with Gasteiger partial charge in [0.15, 0.2) is 0 Å². The van der Waals surface area contributed by atoms with Gasteiger partial charge in [0.05, 0.1) is 0 Å². The third-order valence-electron chi connectivity index (χ3n) is 0.940. The molecule has 1 rings (SSSR count). The Labute approximate surface area is 62.7 Å². The summed E-state index contributed by atoms with van der Waals surface area (Å²) in [5.74, 6) is 2.04. The second-order valence-corrected chi connectivity index (χ2v) is 1.65. The number of hydrogen-bond donors (Lipinski definition) is 0. The normalized spacial score (nSPS) is 7.12.